The van der Waals surface area contributed by atoms with Gasteiger partial charge in [0.05, 0.1) is 50.6 Å². The lowest BCUT2D eigenvalue weighted by Crippen LogP contribution is -2.55. The molecule has 0 bridgehead atoms. The number of hydrogen-bond donors (Lipinski definition) is 3. The molecule has 0 saturated carbocycles. The number of carbonyl (C=O) groups excluding carboxylic acids is 6. The standard InChI is InChI=1S/C52H48N4O11/c1-31(33-17-7-4-8-18-33)54-51(63)55-39-27-26-32(16-15-24-37(47(59)64-2)48(60)65-3)30-38(39)52(50(55)62)41(46(53)58)43-49(61)67-44(35-21-11-6-12-22-35)42(34-19-9-5-10-20-34)56(43)45(52)36-23-13-14-25-40(36)66-29-28-57/h4-14,17-23,25-27,30-31,37,41-45,57H,24,28-29H2,1-3H3,(H2,53,58)(H,54,63)/t31-,41-,42-,43-,44+,45+,52-/m1/s1. The van der Waals surface area contributed by atoms with Crippen LogP contribution in [0.4, 0.5) is 10.5 Å². The fourth-order valence-corrected chi connectivity index (χ4v) is 9.86. The van der Waals surface area contributed by atoms with Crippen molar-refractivity contribution in [2.24, 2.45) is 17.6 Å². The van der Waals surface area contributed by atoms with Gasteiger partial charge >= 0.3 is 23.9 Å². The zero-order valence-corrected chi connectivity index (χ0v) is 36.9. The van der Waals surface area contributed by atoms with E-state index in [2.05, 4.69) is 17.2 Å². The molecule has 0 aromatic heterocycles. The third-order valence-corrected chi connectivity index (χ3v) is 12.7. The van der Waals surface area contributed by atoms with Gasteiger partial charge in [0.15, 0.2) is 5.92 Å². The molecule has 342 valence electrons. The lowest BCUT2D eigenvalue weighted by molar-refractivity contribution is -0.178. The number of aliphatic hydroxyl groups excluding tert-OH is 1. The summed E-state index contributed by atoms with van der Waals surface area (Å²) in [5.41, 5.74) is 7.23. The van der Waals surface area contributed by atoms with Crippen molar-refractivity contribution in [1.29, 1.82) is 0 Å². The number of anilines is 1. The normalized spacial score (nSPS) is 22.2. The van der Waals surface area contributed by atoms with Crippen LogP contribution in [0, 0.1) is 23.7 Å². The molecule has 15 heteroatoms. The van der Waals surface area contributed by atoms with E-state index in [1.807, 2.05) is 91.0 Å². The van der Waals surface area contributed by atoms with E-state index in [-0.39, 0.29) is 42.2 Å². The van der Waals surface area contributed by atoms with Crippen LogP contribution in [0.25, 0.3) is 0 Å². The Hall–Kier alpha value is -7.80. The molecule has 4 N–H and O–H groups in total. The molecule has 67 heavy (non-hydrogen) atoms. The van der Waals surface area contributed by atoms with Gasteiger partial charge in [0.1, 0.15) is 29.9 Å². The first kappa shape index (κ1) is 45.8. The Balaban J connectivity index is 1.42. The number of nitrogens with zero attached hydrogens (tertiary/aromatic N) is 2. The topological polar surface area (TPSA) is 204 Å². The number of hydrogen-bond acceptors (Lipinski definition) is 12. The van der Waals surface area contributed by atoms with Crippen LogP contribution >= 0.6 is 0 Å². The van der Waals surface area contributed by atoms with E-state index in [1.54, 1.807) is 48.2 Å². The summed E-state index contributed by atoms with van der Waals surface area (Å²) in [5, 5.41) is 13.0. The minimum absolute atomic E-state index is 0.0874. The number of rotatable bonds is 12. The molecule has 8 rings (SSSR count). The van der Waals surface area contributed by atoms with E-state index >= 15 is 9.59 Å². The number of urea groups is 1. The molecule has 0 aliphatic carbocycles. The first-order chi connectivity index (χ1) is 32.5. The number of benzene rings is 5. The van der Waals surface area contributed by atoms with Crippen molar-refractivity contribution < 1.29 is 52.8 Å². The first-order valence-electron chi connectivity index (χ1n) is 21.7. The fraction of sp³-hybridized carbons (Fsp3) is 0.269. The van der Waals surface area contributed by atoms with Gasteiger partial charge in [-0.25, -0.2) is 9.69 Å². The number of esters is 3. The summed E-state index contributed by atoms with van der Waals surface area (Å²) in [6.45, 7) is 1.26. The number of amides is 4. The fourth-order valence-electron chi connectivity index (χ4n) is 9.86. The molecule has 5 aromatic carbocycles. The SMILES string of the molecule is COC(=O)C(CC#Cc1ccc2c(c1)[C@]1(C(=O)N2C(=O)N[C@H](C)c2ccccc2)[C@H](c2ccccc2OCCO)N2[C@H](c3ccccc3)[C@H](c3ccccc3)OC(=O)[C@H]2[C@@H]1C(N)=O)C(=O)OC. The second kappa shape index (κ2) is 19.4. The van der Waals surface area contributed by atoms with Crippen LogP contribution in [0.5, 0.6) is 5.75 Å². The van der Waals surface area contributed by atoms with Crippen molar-refractivity contribution in [3.05, 3.63) is 167 Å². The van der Waals surface area contributed by atoms with Gasteiger partial charge < -0.3 is 35.1 Å². The van der Waals surface area contributed by atoms with Crippen molar-refractivity contribution in [2.45, 2.75) is 49.0 Å². The van der Waals surface area contributed by atoms with Gasteiger partial charge in [-0.15, -0.1) is 0 Å². The Bertz CT molecular complexity index is 2740. The highest BCUT2D eigenvalue weighted by Crippen LogP contribution is 2.66. The zero-order valence-electron chi connectivity index (χ0n) is 36.9. The van der Waals surface area contributed by atoms with Crippen molar-refractivity contribution in [3.8, 4) is 17.6 Å². The number of ether oxygens (including phenoxy) is 4. The van der Waals surface area contributed by atoms with Crippen LogP contribution in [0.3, 0.4) is 0 Å². The molecular formula is C52H48N4O11. The second-order valence-electron chi connectivity index (χ2n) is 16.3. The molecule has 0 radical (unpaired) electrons. The number of methoxy groups -OCH3 is 2. The maximum atomic E-state index is 16.3. The summed E-state index contributed by atoms with van der Waals surface area (Å²) in [6.07, 6.45) is -1.28. The minimum Gasteiger partial charge on any atom is -0.491 e. The third kappa shape index (κ3) is 8.15. The predicted octanol–water partition coefficient (Wildman–Crippen LogP) is 5.38. The smallest absolute Gasteiger partial charge is 0.329 e. The molecule has 3 heterocycles. The van der Waals surface area contributed by atoms with Gasteiger partial charge in [0, 0.05) is 17.5 Å². The quantitative estimate of drug-likeness (QED) is 0.0625. The highest BCUT2D eigenvalue weighted by Gasteiger charge is 2.75. The van der Waals surface area contributed by atoms with Crippen LogP contribution < -0.4 is 20.7 Å². The van der Waals surface area contributed by atoms with Gasteiger partial charge in [-0.1, -0.05) is 121 Å². The predicted molar refractivity (Wildman–Crippen MR) is 243 cm³/mol. The van der Waals surface area contributed by atoms with E-state index in [4.69, 9.17) is 24.7 Å². The van der Waals surface area contributed by atoms with E-state index in [1.165, 1.54) is 6.07 Å². The third-order valence-electron chi connectivity index (χ3n) is 12.7. The summed E-state index contributed by atoms with van der Waals surface area (Å²) < 4.78 is 22.3. The van der Waals surface area contributed by atoms with Crippen LogP contribution in [0.15, 0.2) is 133 Å². The molecule has 5 aromatic rings. The number of carbonyl (C=O) groups is 6. The highest BCUT2D eigenvalue weighted by atomic mass is 16.6. The molecule has 1 spiro atoms. The van der Waals surface area contributed by atoms with E-state index in [0.29, 0.717) is 16.7 Å². The molecule has 15 nitrogen and oxygen atoms in total. The summed E-state index contributed by atoms with van der Waals surface area (Å²) in [6, 6.07) is 33.8. The van der Waals surface area contributed by atoms with Gasteiger partial charge in [0.2, 0.25) is 11.8 Å². The molecule has 4 amide bonds. The van der Waals surface area contributed by atoms with E-state index in [9.17, 15) is 24.3 Å². The van der Waals surface area contributed by atoms with Gasteiger partial charge in [0.25, 0.3) is 0 Å². The number of nitrogens with two attached hydrogens (primary N) is 1. The zero-order chi connectivity index (χ0) is 47.4. The summed E-state index contributed by atoms with van der Waals surface area (Å²) in [7, 11) is 2.28. The maximum Gasteiger partial charge on any atom is 0.329 e. The average Bonchev–Trinajstić information content (AvgIpc) is 3.81. The molecule has 2 saturated heterocycles. The number of fused-ring (bicyclic) bond motifs is 3. The van der Waals surface area contributed by atoms with Crippen LogP contribution in [0.1, 0.15) is 71.0 Å². The van der Waals surface area contributed by atoms with Crippen LogP contribution in [-0.4, -0.2) is 79.2 Å². The number of aliphatic hydroxyl groups is 1. The Morgan fingerprint density at radius 2 is 1.43 bits per heavy atom. The Kier molecular flexibility index (Phi) is 13.2. The number of para-hydroxylation sites is 1. The van der Waals surface area contributed by atoms with Crippen LogP contribution in [0.2, 0.25) is 0 Å². The Morgan fingerprint density at radius 1 is 0.821 bits per heavy atom. The van der Waals surface area contributed by atoms with Gasteiger partial charge in [-0.2, -0.15) is 0 Å². The lowest BCUT2D eigenvalue weighted by atomic mass is 9.65. The maximum absolute atomic E-state index is 16.3. The molecule has 3 aliphatic heterocycles. The monoisotopic (exact) mass is 904 g/mol. The van der Waals surface area contributed by atoms with Crippen molar-refractivity contribution in [2.75, 3.05) is 32.3 Å². The lowest BCUT2D eigenvalue weighted by Gasteiger charge is -2.46. The van der Waals surface area contributed by atoms with E-state index < -0.39 is 83.3 Å². The number of nitrogens with one attached hydrogen (secondary N) is 1. The van der Waals surface area contributed by atoms with Crippen LogP contribution in [-0.2, 0) is 43.6 Å². The molecular weight excluding hydrogens is 857 g/mol. The average molecular weight is 905 g/mol. The van der Waals surface area contributed by atoms with E-state index in [0.717, 1.165) is 24.7 Å². The molecule has 0 unspecified atom stereocenters. The number of morpholine rings is 1. The number of imide groups is 1. The number of cyclic esters (lactones) is 1. The first-order valence-corrected chi connectivity index (χ1v) is 21.7. The molecule has 7 atom stereocenters. The van der Waals surface area contributed by atoms with Gasteiger partial charge in [-0.3, -0.25) is 28.9 Å². The Morgan fingerprint density at radius 3 is 2.06 bits per heavy atom. The molecule has 3 aliphatic rings. The van der Waals surface area contributed by atoms with Gasteiger partial charge in [-0.05, 0) is 53.4 Å². The molecule has 2 fully saturated rings. The second-order valence-corrected chi connectivity index (χ2v) is 16.3. The minimum atomic E-state index is -2.19. The largest absolute Gasteiger partial charge is 0.491 e. The summed E-state index contributed by atoms with van der Waals surface area (Å²) in [4.78, 5) is 88.8. The highest BCUT2D eigenvalue weighted by molar-refractivity contribution is 6.24. The Labute approximate surface area is 386 Å². The van der Waals surface area contributed by atoms with Crippen molar-refractivity contribution in [3.63, 3.8) is 0 Å². The summed E-state index contributed by atoms with van der Waals surface area (Å²) >= 11 is 0. The van der Waals surface area contributed by atoms with Crippen molar-refractivity contribution >= 4 is 41.4 Å². The summed E-state index contributed by atoms with van der Waals surface area (Å²) in [5.74, 6) is -1.40. The number of primary amides is 1. The van der Waals surface area contributed by atoms with Crippen molar-refractivity contribution in [1.82, 2.24) is 10.2 Å².